The highest BCUT2D eigenvalue weighted by Gasteiger charge is 2.36. The molecule has 0 heterocycles. The summed E-state index contributed by atoms with van der Waals surface area (Å²) in [7, 11) is 3.49. The molecular formula is C18H18Cl2O2. The molecule has 0 radical (unpaired) electrons. The van der Waals surface area contributed by atoms with Gasteiger partial charge < -0.3 is 9.47 Å². The lowest BCUT2D eigenvalue weighted by Crippen LogP contribution is -2.31. The van der Waals surface area contributed by atoms with Crippen LogP contribution in [0.1, 0.15) is 35.1 Å². The molecule has 4 heteroatoms. The van der Waals surface area contributed by atoms with Gasteiger partial charge in [0.2, 0.25) is 0 Å². The SMILES string of the molecule is CO[C@@H]1C[C@@H](OC)[C@@H](c2ccc(Cl)c(Cl)c2)c2ccccc21. The number of hydrogen-bond donors (Lipinski definition) is 0. The van der Waals surface area contributed by atoms with E-state index >= 15 is 0 Å². The summed E-state index contributed by atoms with van der Waals surface area (Å²) in [5.74, 6) is 0.127. The maximum atomic E-state index is 6.21. The number of fused-ring (bicyclic) bond motifs is 1. The Morgan fingerprint density at radius 3 is 2.27 bits per heavy atom. The molecule has 2 aromatic rings. The van der Waals surface area contributed by atoms with Crippen molar-refractivity contribution in [3.05, 3.63) is 69.2 Å². The monoisotopic (exact) mass is 336 g/mol. The van der Waals surface area contributed by atoms with Gasteiger partial charge in [-0.25, -0.2) is 0 Å². The maximum Gasteiger partial charge on any atom is 0.0849 e. The first-order chi connectivity index (χ1) is 10.7. The average molecular weight is 337 g/mol. The molecule has 22 heavy (non-hydrogen) atoms. The van der Waals surface area contributed by atoms with Crippen molar-refractivity contribution in [1.29, 1.82) is 0 Å². The van der Waals surface area contributed by atoms with Gasteiger partial charge in [-0.15, -0.1) is 0 Å². The van der Waals surface area contributed by atoms with Gasteiger partial charge in [-0.2, -0.15) is 0 Å². The van der Waals surface area contributed by atoms with Crippen molar-refractivity contribution in [3.63, 3.8) is 0 Å². The molecule has 0 spiro atoms. The van der Waals surface area contributed by atoms with Crippen LogP contribution in [0.4, 0.5) is 0 Å². The lowest BCUT2D eigenvalue weighted by atomic mass is 9.75. The molecule has 3 rings (SSSR count). The highest BCUT2D eigenvalue weighted by molar-refractivity contribution is 6.42. The molecule has 0 unspecified atom stereocenters. The third kappa shape index (κ3) is 2.77. The Bertz CT molecular complexity index is 672. The Balaban J connectivity index is 2.12. The van der Waals surface area contributed by atoms with Gasteiger partial charge in [0, 0.05) is 26.6 Å². The van der Waals surface area contributed by atoms with Crippen LogP contribution in [0.5, 0.6) is 0 Å². The third-order valence-electron chi connectivity index (χ3n) is 4.39. The van der Waals surface area contributed by atoms with E-state index in [1.807, 2.05) is 30.3 Å². The molecular weight excluding hydrogens is 319 g/mol. The zero-order valence-corrected chi connectivity index (χ0v) is 14.1. The second-order valence-corrected chi connectivity index (χ2v) is 6.33. The number of ether oxygens (including phenoxy) is 2. The van der Waals surface area contributed by atoms with E-state index in [1.165, 1.54) is 11.1 Å². The largest absolute Gasteiger partial charge is 0.380 e. The molecule has 1 aliphatic rings. The predicted molar refractivity (Wildman–Crippen MR) is 89.9 cm³/mol. The Morgan fingerprint density at radius 2 is 1.64 bits per heavy atom. The first-order valence-corrected chi connectivity index (χ1v) is 8.00. The van der Waals surface area contributed by atoms with E-state index in [1.54, 1.807) is 14.2 Å². The van der Waals surface area contributed by atoms with Gasteiger partial charge in [0.1, 0.15) is 0 Å². The molecule has 2 aromatic carbocycles. The molecule has 2 nitrogen and oxygen atoms in total. The van der Waals surface area contributed by atoms with Gasteiger partial charge >= 0.3 is 0 Å². The van der Waals surface area contributed by atoms with Crippen molar-refractivity contribution >= 4 is 23.2 Å². The fourth-order valence-corrected chi connectivity index (χ4v) is 3.62. The average Bonchev–Trinajstić information content (AvgIpc) is 2.56. The Labute approximate surface area is 141 Å². The second-order valence-electron chi connectivity index (χ2n) is 5.51. The van der Waals surface area contributed by atoms with Gasteiger partial charge in [0.05, 0.1) is 22.3 Å². The lowest BCUT2D eigenvalue weighted by molar-refractivity contribution is 0.00317. The fourth-order valence-electron chi connectivity index (χ4n) is 3.32. The second kappa shape index (κ2) is 6.59. The molecule has 0 N–H and O–H groups in total. The molecule has 0 saturated heterocycles. The minimum atomic E-state index is 0.0390. The van der Waals surface area contributed by atoms with E-state index in [9.17, 15) is 0 Å². The molecule has 0 amide bonds. The summed E-state index contributed by atoms with van der Waals surface area (Å²) < 4.78 is 11.4. The Morgan fingerprint density at radius 1 is 0.909 bits per heavy atom. The molecule has 0 saturated carbocycles. The van der Waals surface area contributed by atoms with Crippen LogP contribution in [-0.2, 0) is 9.47 Å². The lowest BCUT2D eigenvalue weighted by Gasteiger charge is -2.37. The predicted octanol–water partition coefficient (Wildman–Crippen LogP) is 5.23. The Kier molecular flexibility index (Phi) is 4.74. The van der Waals surface area contributed by atoms with E-state index in [-0.39, 0.29) is 18.1 Å². The summed E-state index contributed by atoms with van der Waals surface area (Å²) in [5.41, 5.74) is 3.56. The third-order valence-corrected chi connectivity index (χ3v) is 5.13. The summed E-state index contributed by atoms with van der Waals surface area (Å²) in [5, 5.41) is 1.14. The molecule has 0 aliphatic heterocycles. The summed E-state index contributed by atoms with van der Waals surface area (Å²) >= 11 is 12.3. The van der Waals surface area contributed by atoms with Crippen molar-refractivity contribution in [2.75, 3.05) is 14.2 Å². The van der Waals surface area contributed by atoms with E-state index in [4.69, 9.17) is 32.7 Å². The number of halogens is 2. The van der Waals surface area contributed by atoms with E-state index < -0.39 is 0 Å². The van der Waals surface area contributed by atoms with Crippen LogP contribution in [0.3, 0.4) is 0 Å². The van der Waals surface area contributed by atoms with Crippen LogP contribution in [0, 0.1) is 0 Å². The van der Waals surface area contributed by atoms with Crippen molar-refractivity contribution in [1.82, 2.24) is 0 Å². The number of methoxy groups -OCH3 is 2. The molecule has 116 valence electrons. The zero-order chi connectivity index (χ0) is 15.7. The van der Waals surface area contributed by atoms with Crippen LogP contribution in [0.2, 0.25) is 10.0 Å². The van der Waals surface area contributed by atoms with Gasteiger partial charge in [-0.1, -0.05) is 53.5 Å². The number of hydrogen-bond acceptors (Lipinski definition) is 2. The van der Waals surface area contributed by atoms with Crippen molar-refractivity contribution in [2.24, 2.45) is 0 Å². The minimum Gasteiger partial charge on any atom is -0.380 e. The number of benzene rings is 2. The van der Waals surface area contributed by atoms with Crippen LogP contribution < -0.4 is 0 Å². The molecule has 3 atom stereocenters. The molecule has 0 aromatic heterocycles. The van der Waals surface area contributed by atoms with E-state index in [0.29, 0.717) is 10.0 Å². The molecule has 0 bridgehead atoms. The van der Waals surface area contributed by atoms with Gasteiger partial charge in [-0.3, -0.25) is 0 Å². The summed E-state index contributed by atoms with van der Waals surface area (Å²) in [6, 6.07) is 14.2. The van der Waals surface area contributed by atoms with Crippen molar-refractivity contribution in [2.45, 2.75) is 24.5 Å². The maximum absolute atomic E-state index is 6.21. The molecule has 0 fully saturated rings. The van der Waals surface area contributed by atoms with Crippen LogP contribution >= 0.6 is 23.2 Å². The highest BCUT2D eigenvalue weighted by Crippen LogP contribution is 2.44. The quantitative estimate of drug-likeness (QED) is 0.763. The Hall–Kier alpha value is -1.06. The van der Waals surface area contributed by atoms with E-state index in [2.05, 4.69) is 12.1 Å². The van der Waals surface area contributed by atoms with Gasteiger partial charge in [0.25, 0.3) is 0 Å². The summed E-state index contributed by atoms with van der Waals surface area (Å²) in [4.78, 5) is 0. The minimum absolute atomic E-state index is 0.0390. The normalized spacial score (nSPS) is 24.1. The number of rotatable bonds is 3. The first kappa shape index (κ1) is 15.8. The topological polar surface area (TPSA) is 18.5 Å². The highest BCUT2D eigenvalue weighted by atomic mass is 35.5. The fraction of sp³-hybridized carbons (Fsp3) is 0.333. The smallest absolute Gasteiger partial charge is 0.0849 e. The van der Waals surface area contributed by atoms with Crippen LogP contribution in [0.25, 0.3) is 0 Å². The van der Waals surface area contributed by atoms with Crippen molar-refractivity contribution in [3.8, 4) is 0 Å². The summed E-state index contributed by atoms with van der Waals surface area (Å²) in [6.07, 6.45) is 0.909. The summed E-state index contributed by atoms with van der Waals surface area (Å²) in [6.45, 7) is 0. The van der Waals surface area contributed by atoms with Gasteiger partial charge in [-0.05, 0) is 28.8 Å². The van der Waals surface area contributed by atoms with Crippen LogP contribution in [0.15, 0.2) is 42.5 Å². The molecule has 1 aliphatic carbocycles. The first-order valence-electron chi connectivity index (χ1n) is 7.25. The van der Waals surface area contributed by atoms with Crippen LogP contribution in [-0.4, -0.2) is 20.3 Å². The standard InChI is InChI=1S/C18H18Cl2O2/c1-21-16-10-17(22-2)18(13-6-4-3-5-12(13)16)11-7-8-14(19)15(20)9-11/h3-9,16-18H,10H2,1-2H3/t16-,17-,18+/m1/s1. The van der Waals surface area contributed by atoms with Crippen molar-refractivity contribution < 1.29 is 9.47 Å². The van der Waals surface area contributed by atoms with Gasteiger partial charge in [0.15, 0.2) is 0 Å². The zero-order valence-electron chi connectivity index (χ0n) is 12.6. The van der Waals surface area contributed by atoms with E-state index in [0.717, 1.165) is 12.0 Å².